The molecule has 14 heavy (non-hydrogen) atoms. The molecule has 0 aromatic heterocycles. The quantitative estimate of drug-likeness (QED) is 0.665. The molecular weight excluding hydrogens is 180 g/mol. The van der Waals surface area contributed by atoms with E-state index in [2.05, 4.69) is 12.2 Å². The summed E-state index contributed by atoms with van der Waals surface area (Å²) in [5.41, 5.74) is 5.65. The van der Waals surface area contributed by atoms with Crippen LogP contribution in [0.15, 0.2) is 0 Å². The Hall–Kier alpha value is -0.160. The van der Waals surface area contributed by atoms with Crippen LogP contribution >= 0.6 is 0 Å². The number of hydrogen-bond acceptors (Lipinski definition) is 4. The molecule has 1 fully saturated rings. The average molecular weight is 202 g/mol. The third kappa shape index (κ3) is 3.53. The molecule has 2 unspecified atom stereocenters. The number of hydrogen-bond donors (Lipinski definition) is 2. The van der Waals surface area contributed by atoms with Crippen molar-refractivity contribution in [3.63, 3.8) is 0 Å². The smallest absolute Gasteiger partial charge is 0.0817 e. The van der Waals surface area contributed by atoms with Gasteiger partial charge in [0.1, 0.15) is 0 Å². The highest BCUT2D eigenvalue weighted by atomic mass is 16.5. The number of nitrogens with two attached hydrogens (primary N) is 1. The molecule has 1 aliphatic rings. The van der Waals surface area contributed by atoms with Crippen LogP contribution in [0.4, 0.5) is 0 Å². The summed E-state index contributed by atoms with van der Waals surface area (Å²) in [5.74, 6) is 0. The fourth-order valence-corrected chi connectivity index (χ4v) is 1.70. The summed E-state index contributed by atoms with van der Waals surface area (Å²) in [4.78, 5) is 0. The number of ether oxygens (including phenoxy) is 2. The van der Waals surface area contributed by atoms with E-state index in [9.17, 15) is 0 Å². The summed E-state index contributed by atoms with van der Waals surface area (Å²) in [5, 5.41) is 3.47. The van der Waals surface area contributed by atoms with Crippen LogP contribution in [-0.2, 0) is 9.47 Å². The van der Waals surface area contributed by atoms with E-state index in [-0.39, 0.29) is 11.6 Å². The minimum absolute atomic E-state index is 0.101. The van der Waals surface area contributed by atoms with Gasteiger partial charge in [-0.05, 0) is 19.8 Å². The molecule has 0 aromatic carbocycles. The lowest BCUT2D eigenvalue weighted by molar-refractivity contribution is 0.0187. The maximum atomic E-state index is 5.55. The van der Waals surface area contributed by atoms with Crippen molar-refractivity contribution in [1.82, 2.24) is 5.32 Å². The van der Waals surface area contributed by atoms with Crippen LogP contribution in [0.25, 0.3) is 0 Å². The zero-order valence-corrected chi connectivity index (χ0v) is 9.21. The van der Waals surface area contributed by atoms with Gasteiger partial charge in [0.25, 0.3) is 0 Å². The first-order valence-corrected chi connectivity index (χ1v) is 5.26. The Morgan fingerprint density at radius 3 is 2.93 bits per heavy atom. The number of methoxy groups -OCH3 is 1. The molecule has 3 N–H and O–H groups in total. The second-order valence-electron chi connectivity index (χ2n) is 4.19. The molecule has 2 atom stereocenters. The van der Waals surface area contributed by atoms with Crippen LogP contribution in [0.2, 0.25) is 0 Å². The second-order valence-corrected chi connectivity index (χ2v) is 4.19. The van der Waals surface area contributed by atoms with Gasteiger partial charge in [0.2, 0.25) is 0 Å². The van der Waals surface area contributed by atoms with Crippen LogP contribution in [-0.4, -0.2) is 45.1 Å². The molecule has 4 heteroatoms. The van der Waals surface area contributed by atoms with E-state index in [0.717, 1.165) is 32.6 Å². The molecule has 1 aliphatic heterocycles. The van der Waals surface area contributed by atoms with E-state index < -0.39 is 0 Å². The Kier molecular flexibility index (Phi) is 4.81. The minimum atomic E-state index is 0.101. The van der Waals surface area contributed by atoms with Crippen molar-refractivity contribution in [2.75, 3.05) is 33.4 Å². The van der Waals surface area contributed by atoms with Gasteiger partial charge < -0.3 is 20.5 Å². The van der Waals surface area contributed by atoms with E-state index in [4.69, 9.17) is 15.2 Å². The van der Waals surface area contributed by atoms with Crippen molar-refractivity contribution >= 4 is 0 Å². The Morgan fingerprint density at radius 2 is 2.43 bits per heavy atom. The van der Waals surface area contributed by atoms with Crippen molar-refractivity contribution in [2.24, 2.45) is 5.73 Å². The zero-order valence-electron chi connectivity index (χ0n) is 9.21. The summed E-state index contributed by atoms with van der Waals surface area (Å²) in [6.45, 7) is 5.22. The highest BCUT2D eigenvalue weighted by Crippen LogP contribution is 2.17. The standard InChI is InChI=1S/C10H22N2O2/c1-10(4-3-5-14-8-10)12-7-9(6-11)13-2/h9,12H,3-8,11H2,1-2H3. The van der Waals surface area contributed by atoms with E-state index in [1.54, 1.807) is 7.11 Å². The SMILES string of the molecule is COC(CN)CNC1(C)CCCOC1. The normalized spacial score (nSPS) is 30.2. The van der Waals surface area contributed by atoms with Gasteiger partial charge in [0.05, 0.1) is 12.7 Å². The molecule has 1 rings (SSSR count). The first kappa shape index (κ1) is 11.9. The fourth-order valence-electron chi connectivity index (χ4n) is 1.70. The van der Waals surface area contributed by atoms with Crippen molar-refractivity contribution in [3.8, 4) is 0 Å². The van der Waals surface area contributed by atoms with E-state index >= 15 is 0 Å². The maximum Gasteiger partial charge on any atom is 0.0817 e. The second kappa shape index (κ2) is 5.66. The third-order valence-corrected chi connectivity index (χ3v) is 2.79. The van der Waals surface area contributed by atoms with Crippen molar-refractivity contribution in [1.29, 1.82) is 0 Å². The van der Waals surface area contributed by atoms with Gasteiger partial charge in [-0.15, -0.1) is 0 Å². The Balaban J connectivity index is 2.27. The lowest BCUT2D eigenvalue weighted by atomic mass is 9.95. The largest absolute Gasteiger partial charge is 0.380 e. The monoisotopic (exact) mass is 202 g/mol. The van der Waals surface area contributed by atoms with Gasteiger partial charge in [0.15, 0.2) is 0 Å². The Labute approximate surface area is 86.1 Å². The molecule has 1 heterocycles. The predicted molar refractivity (Wildman–Crippen MR) is 56.3 cm³/mol. The van der Waals surface area contributed by atoms with Gasteiger partial charge in [-0.3, -0.25) is 0 Å². The van der Waals surface area contributed by atoms with Gasteiger partial charge in [-0.25, -0.2) is 0 Å². The summed E-state index contributed by atoms with van der Waals surface area (Å²) < 4.78 is 10.7. The molecule has 0 aliphatic carbocycles. The lowest BCUT2D eigenvalue weighted by Gasteiger charge is -2.35. The number of rotatable bonds is 5. The maximum absolute atomic E-state index is 5.55. The summed E-state index contributed by atoms with van der Waals surface area (Å²) in [6.07, 6.45) is 2.39. The fraction of sp³-hybridized carbons (Fsp3) is 1.00. The van der Waals surface area contributed by atoms with Crippen LogP contribution in [0.1, 0.15) is 19.8 Å². The van der Waals surface area contributed by atoms with Gasteiger partial charge in [-0.1, -0.05) is 0 Å². The molecule has 0 radical (unpaired) electrons. The highest BCUT2D eigenvalue weighted by molar-refractivity contribution is 4.86. The van der Waals surface area contributed by atoms with Crippen molar-refractivity contribution in [2.45, 2.75) is 31.4 Å². The summed E-state index contributed by atoms with van der Waals surface area (Å²) in [6, 6.07) is 0. The minimum Gasteiger partial charge on any atom is -0.380 e. The zero-order chi connectivity index (χ0) is 10.4. The van der Waals surface area contributed by atoms with Gasteiger partial charge in [-0.2, -0.15) is 0 Å². The van der Waals surface area contributed by atoms with Gasteiger partial charge >= 0.3 is 0 Å². The lowest BCUT2D eigenvalue weighted by Crippen LogP contribution is -2.52. The molecule has 0 bridgehead atoms. The van der Waals surface area contributed by atoms with Crippen LogP contribution in [0.5, 0.6) is 0 Å². The first-order valence-electron chi connectivity index (χ1n) is 5.26. The molecule has 0 spiro atoms. The highest BCUT2D eigenvalue weighted by Gasteiger charge is 2.27. The molecule has 4 nitrogen and oxygen atoms in total. The Morgan fingerprint density at radius 1 is 1.64 bits per heavy atom. The van der Waals surface area contributed by atoms with E-state index in [1.165, 1.54) is 0 Å². The molecule has 0 aromatic rings. The molecule has 1 saturated heterocycles. The number of nitrogens with one attached hydrogen (secondary N) is 1. The van der Waals surface area contributed by atoms with Crippen LogP contribution < -0.4 is 11.1 Å². The molecule has 84 valence electrons. The molecule has 0 saturated carbocycles. The van der Waals surface area contributed by atoms with Crippen molar-refractivity contribution in [3.05, 3.63) is 0 Å². The molecular formula is C10H22N2O2. The summed E-state index contributed by atoms with van der Waals surface area (Å²) >= 11 is 0. The molecule has 0 amide bonds. The van der Waals surface area contributed by atoms with Crippen LogP contribution in [0.3, 0.4) is 0 Å². The Bertz CT molecular complexity index is 154. The van der Waals surface area contributed by atoms with Crippen molar-refractivity contribution < 1.29 is 9.47 Å². The van der Waals surface area contributed by atoms with E-state index in [1.807, 2.05) is 0 Å². The topological polar surface area (TPSA) is 56.5 Å². The predicted octanol–water partition coefficient (Wildman–Crippen LogP) is 0.119. The van der Waals surface area contributed by atoms with E-state index in [0.29, 0.717) is 6.54 Å². The summed E-state index contributed by atoms with van der Waals surface area (Å²) in [7, 11) is 1.69. The average Bonchev–Trinajstić information content (AvgIpc) is 2.20. The third-order valence-electron chi connectivity index (χ3n) is 2.79. The van der Waals surface area contributed by atoms with Crippen LogP contribution in [0, 0.1) is 0 Å². The first-order chi connectivity index (χ1) is 6.70. The van der Waals surface area contributed by atoms with Gasteiger partial charge in [0, 0.05) is 32.3 Å².